The second-order valence-corrected chi connectivity index (χ2v) is 5.65. The minimum atomic E-state index is 0.394. The van der Waals surface area contributed by atoms with E-state index in [1.165, 1.54) is 0 Å². The van der Waals surface area contributed by atoms with Gasteiger partial charge < -0.3 is 9.47 Å². The lowest BCUT2D eigenvalue weighted by Gasteiger charge is -2.15. The fraction of sp³-hybridized carbons (Fsp3) is 0.312. The molecule has 0 amide bonds. The summed E-state index contributed by atoms with van der Waals surface area (Å²) in [5, 5.41) is 0. The lowest BCUT2D eigenvalue weighted by atomic mass is 10.2. The monoisotopic (exact) mass is 369 g/mol. The second kappa shape index (κ2) is 7.66. The maximum absolute atomic E-state index is 5.91. The summed E-state index contributed by atoms with van der Waals surface area (Å²) in [6, 6.07) is 7.77. The van der Waals surface area contributed by atoms with Crippen LogP contribution in [0.1, 0.15) is 23.7 Å². The van der Waals surface area contributed by atoms with Crippen molar-refractivity contribution in [1.29, 1.82) is 0 Å². The molecule has 112 valence electrons. The van der Waals surface area contributed by atoms with E-state index >= 15 is 0 Å². The lowest BCUT2D eigenvalue weighted by molar-refractivity contribution is 0.264. The maximum atomic E-state index is 5.91. The van der Waals surface area contributed by atoms with E-state index in [-0.39, 0.29) is 0 Å². The molecule has 0 aliphatic carbocycles. The molecule has 2 rings (SSSR count). The van der Waals surface area contributed by atoms with Crippen molar-refractivity contribution < 1.29 is 9.47 Å². The average Bonchev–Trinajstić information content (AvgIpc) is 2.48. The SMILES string of the molecule is CCOc1cc(CCl)cc(Br)c1OCc1ncccc1C. The van der Waals surface area contributed by atoms with Crippen molar-refractivity contribution in [2.24, 2.45) is 0 Å². The third kappa shape index (κ3) is 4.11. The Balaban J connectivity index is 2.24. The van der Waals surface area contributed by atoms with Crippen molar-refractivity contribution in [3.63, 3.8) is 0 Å². The molecule has 0 saturated carbocycles. The van der Waals surface area contributed by atoms with E-state index in [2.05, 4.69) is 20.9 Å². The standard InChI is InChI=1S/C16H17BrClNO2/c1-3-20-15-8-12(9-18)7-13(17)16(15)21-10-14-11(2)5-4-6-19-14/h4-8H,3,9-10H2,1-2H3. The number of alkyl halides is 1. The number of aryl methyl sites for hydroxylation is 1. The highest BCUT2D eigenvalue weighted by atomic mass is 79.9. The molecular formula is C16H17BrClNO2. The summed E-state index contributed by atoms with van der Waals surface area (Å²) in [5.41, 5.74) is 2.99. The summed E-state index contributed by atoms with van der Waals surface area (Å²) >= 11 is 9.41. The van der Waals surface area contributed by atoms with Crippen LogP contribution in [0.3, 0.4) is 0 Å². The van der Waals surface area contributed by atoms with Gasteiger partial charge in [0.05, 0.1) is 16.8 Å². The zero-order valence-electron chi connectivity index (χ0n) is 12.0. The van der Waals surface area contributed by atoms with E-state index in [1.54, 1.807) is 6.20 Å². The molecule has 0 saturated heterocycles. The number of halogens is 2. The van der Waals surface area contributed by atoms with Crippen LogP contribution in [0.4, 0.5) is 0 Å². The van der Waals surface area contributed by atoms with Gasteiger partial charge >= 0.3 is 0 Å². The molecule has 1 aromatic heterocycles. The Morgan fingerprint density at radius 1 is 1.29 bits per heavy atom. The molecule has 21 heavy (non-hydrogen) atoms. The van der Waals surface area contributed by atoms with Gasteiger partial charge in [0.25, 0.3) is 0 Å². The van der Waals surface area contributed by atoms with Gasteiger partial charge in [-0.3, -0.25) is 4.98 Å². The summed E-state index contributed by atoms with van der Waals surface area (Å²) in [6.07, 6.45) is 1.76. The van der Waals surface area contributed by atoms with E-state index < -0.39 is 0 Å². The Hall–Kier alpha value is -1.26. The largest absolute Gasteiger partial charge is 0.490 e. The Morgan fingerprint density at radius 3 is 2.76 bits per heavy atom. The first-order valence-electron chi connectivity index (χ1n) is 6.70. The van der Waals surface area contributed by atoms with Crippen LogP contribution in [0.15, 0.2) is 34.9 Å². The van der Waals surface area contributed by atoms with Gasteiger partial charge in [0.2, 0.25) is 0 Å². The third-order valence-corrected chi connectivity index (χ3v) is 3.89. The fourth-order valence-electron chi connectivity index (χ4n) is 1.91. The van der Waals surface area contributed by atoms with E-state index in [0.29, 0.717) is 30.6 Å². The van der Waals surface area contributed by atoms with Gasteiger partial charge in [-0.1, -0.05) is 6.07 Å². The molecule has 0 radical (unpaired) electrons. The highest BCUT2D eigenvalue weighted by molar-refractivity contribution is 9.10. The number of hydrogen-bond acceptors (Lipinski definition) is 3. The minimum Gasteiger partial charge on any atom is -0.490 e. The molecular weight excluding hydrogens is 354 g/mol. The first kappa shape index (κ1) is 16.1. The Labute approximate surface area is 138 Å². The summed E-state index contributed by atoms with van der Waals surface area (Å²) in [6.45, 7) is 4.91. The number of rotatable bonds is 6. The van der Waals surface area contributed by atoms with Gasteiger partial charge in [0, 0.05) is 12.1 Å². The van der Waals surface area contributed by atoms with Crippen LogP contribution in [0.5, 0.6) is 11.5 Å². The van der Waals surface area contributed by atoms with Crippen LogP contribution < -0.4 is 9.47 Å². The molecule has 0 fully saturated rings. The van der Waals surface area contributed by atoms with Crippen molar-refractivity contribution >= 4 is 27.5 Å². The van der Waals surface area contributed by atoms with E-state index in [9.17, 15) is 0 Å². The Bertz CT molecular complexity index is 619. The number of hydrogen-bond donors (Lipinski definition) is 0. The first-order valence-corrected chi connectivity index (χ1v) is 8.03. The van der Waals surface area contributed by atoms with Gasteiger partial charge in [-0.05, 0) is 59.1 Å². The normalized spacial score (nSPS) is 10.5. The molecule has 5 heteroatoms. The summed E-state index contributed by atoms with van der Waals surface area (Å²) < 4.78 is 12.4. The second-order valence-electron chi connectivity index (χ2n) is 4.53. The number of benzene rings is 1. The van der Waals surface area contributed by atoms with Crippen molar-refractivity contribution in [3.05, 3.63) is 51.8 Å². The highest BCUT2D eigenvalue weighted by Crippen LogP contribution is 2.37. The predicted octanol–water partition coefficient (Wildman–Crippen LogP) is 4.87. The average molecular weight is 371 g/mol. The van der Waals surface area contributed by atoms with Crippen LogP contribution >= 0.6 is 27.5 Å². The molecule has 0 atom stereocenters. The molecule has 0 aliphatic heterocycles. The van der Waals surface area contributed by atoms with Crippen molar-refractivity contribution in [2.75, 3.05) is 6.61 Å². The van der Waals surface area contributed by atoms with Crippen LogP contribution in [0, 0.1) is 6.92 Å². The topological polar surface area (TPSA) is 31.4 Å². The zero-order valence-corrected chi connectivity index (χ0v) is 14.4. The van der Waals surface area contributed by atoms with Crippen molar-refractivity contribution in [3.8, 4) is 11.5 Å². The molecule has 0 unspecified atom stereocenters. The smallest absolute Gasteiger partial charge is 0.175 e. The summed E-state index contributed by atoms with van der Waals surface area (Å²) in [7, 11) is 0. The predicted molar refractivity (Wildman–Crippen MR) is 88.2 cm³/mol. The summed E-state index contributed by atoms with van der Waals surface area (Å²) in [4.78, 5) is 4.33. The molecule has 1 aromatic carbocycles. The highest BCUT2D eigenvalue weighted by Gasteiger charge is 2.13. The Kier molecular flexibility index (Phi) is 5.88. The molecule has 0 spiro atoms. The van der Waals surface area contributed by atoms with Crippen LogP contribution in [0.2, 0.25) is 0 Å². The minimum absolute atomic E-state index is 0.394. The third-order valence-electron chi connectivity index (χ3n) is 2.99. The lowest BCUT2D eigenvalue weighted by Crippen LogP contribution is -2.03. The molecule has 0 aliphatic rings. The number of nitrogens with zero attached hydrogens (tertiary/aromatic N) is 1. The molecule has 0 N–H and O–H groups in total. The van der Waals surface area contributed by atoms with E-state index in [1.807, 2.05) is 38.1 Å². The van der Waals surface area contributed by atoms with Crippen molar-refractivity contribution in [2.45, 2.75) is 26.3 Å². The number of aromatic nitrogens is 1. The molecule has 1 heterocycles. The van der Waals surface area contributed by atoms with Gasteiger partial charge in [0.15, 0.2) is 11.5 Å². The van der Waals surface area contributed by atoms with Crippen molar-refractivity contribution in [1.82, 2.24) is 4.98 Å². The summed E-state index contributed by atoms with van der Waals surface area (Å²) in [5.74, 6) is 1.80. The zero-order chi connectivity index (χ0) is 15.2. The first-order chi connectivity index (χ1) is 10.2. The fourth-order valence-corrected chi connectivity index (χ4v) is 2.67. The van der Waals surface area contributed by atoms with Gasteiger partial charge in [-0.25, -0.2) is 0 Å². The van der Waals surface area contributed by atoms with Gasteiger partial charge in [-0.15, -0.1) is 11.6 Å². The van der Waals surface area contributed by atoms with Crippen LogP contribution in [-0.4, -0.2) is 11.6 Å². The quantitative estimate of drug-likeness (QED) is 0.680. The molecule has 3 nitrogen and oxygen atoms in total. The number of pyridine rings is 1. The van der Waals surface area contributed by atoms with Gasteiger partial charge in [0.1, 0.15) is 6.61 Å². The Morgan fingerprint density at radius 2 is 2.10 bits per heavy atom. The van der Waals surface area contributed by atoms with E-state index in [0.717, 1.165) is 21.3 Å². The molecule has 2 aromatic rings. The van der Waals surface area contributed by atoms with E-state index in [4.69, 9.17) is 21.1 Å². The van der Waals surface area contributed by atoms with Crippen LogP contribution in [-0.2, 0) is 12.5 Å². The maximum Gasteiger partial charge on any atom is 0.175 e. The number of ether oxygens (including phenoxy) is 2. The van der Waals surface area contributed by atoms with Crippen LogP contribution in [0.25, 0.3) is 0 Å². The molecule has 0 bridgehead atoms. The van der Waals surface area contributed by atoms with Gasteiger partial charge in [-0.2, -0.15) is 0 Å².